The van der Waals surface area contributed by atoms with Gasteiger partial charge in [-0.25, -0.2) is 4.79 Å². The van der Waals surface area contributed by atoms with Gasteiger partial charge in [0.2, 0.25) is 0 Å². The maximum absolute atomic E-state index is 11.9. The monoisotopic (exact) mass is 261 g/mol. The predicted molar refractivity (Wildman–Crippen MR) is 73.9 cm³/mol. The zero-order valence-electron chi connectivity index (χ0n) is 10.8. The minimum Gasteiger partial charge on any atom is -0.399 e. The molecule has 1 saturated carbocycles. The second kappa shape index (κ2) is 5.09. The molecule has 5 nitrogen and oxygen atoms in total. The lowest BCUT2D eigenvalue weighted by molar-refractivity contribution is 0.0829. The molecule has 2 aliphatic rings. The van der Waals surface area contributed by atoms with Crippen LogP contribution in [0, 0.1) is 5.92 Å². The summed E-state index contributed by atoms with van der Waals surface area (Å²) in [5.41, 5.74) is 7.03. The third-order valence-corrected chi connectivity index (χ3v) is 3.71. The van der Waals surface area contributed by atoms with Crippen LogP contribution in [0.1, 0.15) is 19.3 Å². The Morgan fingerprint density at radius 1 is 1.21 bits per heavy atom. The lowest BCUT2D eigenvalue weighted by atomic mass is 10.1. The van der Waals surface area contributed by atoms with Gasteiger partial charge in [-0.1, -0.05) is 0 Å². The van der Waals surface area contributed by atoms with E-state index >= 15 is 0 Å². The van der Waals surface area contributed by atoms with Gasteiger partial charge in [0, 0.05) is 18.0 Å². The van der Waals surface area contributed by atoms with E-state index in [-0.39, 0.29) is 18.2 Å². The molecule has 4 N–H and O–H groups in total. The zero-order valence-corrected chi connectivity index (χ0v) is 10.8. The Labute approximate surface area is 112 Å². The molecule has 1 aromatic carbocycles. The first-order valence-electron chi connectivity index (χ1n) is 6.77. The largest absolute Gasteiger partial charge is 0.399 e. The van der Waals surface area contributed by atoms with E-state index in [9.17, 15) is 4.79 Å². The highest BCUT2D eigenvalue weighted by atomic mass is 16.5. The fourth-order valence-electron chi connectivity index (χ4n) is 2.56. The molecule has 5 heteroatoms. The molecule has 0 aromatic heterocycles. The molecule has 2 unspecified atom stereocenters. The molecule has 1 heterocycles. The standard InChI is InChI=1S/C14H19N3O2/c15-10-3-5-11(6-4-10)16-14(18)17-12-7-8-19-13(12)9-1-2-9/h3-6,9,12-13H,1-2,7-8,15H2,(H2,16,17,18). The number of hydrogen-bond donors (Lipinski definition) is 3. The van der Waals surface area contributed by atoms with Crippen molar-refractivity contribution in [1.29, 1.82) is 0 Å². The van der Waals surface area contributed by atoms with Crippen LogP contribution in [0.2, 0.25) is 0 Å². The Balaban J connectivity index is 1.54. The number of amides is 2. The third-order valence-electron chi connectivity index (χ3n) is 3.71. The molecular formula is C14H19N3O2. The zero-order chi connectivity index (χ0) is 13.2. The first-order valence-corrected chi connectivity index (χ1v) is 6.77. The minimum absolute atomic E-state index is 0.140. The number of nitrogens with one attached hydrogen (secondary N) is 2. The summed E-state index contributed by atoms with van der Waals surface area (Å²) in [6.45, 7) is 0.744. The van der Waals surface area contributed by atoms with E-state index in [0.29, 0.717) is 11.6 Å². The summed E-state index contributed by atoms with van der Waals surface area (Å²) in [5, 5.41) is 5.82. The smallest absolute Gasteiger partial charge is 0.319 e. The highest BCUT2D eigenvalue weighted by molar-refractivity contribution is 5.89. The van der Waals surface area contributed by atoms with Crippen LogP contribution in [0.15, 0.2) is 24.3 Å². The second-order valence-corrected chi connectivity index (χ2v) is 5.29. The summed E-state index contributed by atoms with van der Waals surface area (Å²) in [5.74, 6) is 0.643. The number of nitrogen functional groups attached to an aromatic ring is 1. The molecule has 0 radical (unpaired) electrons. The molecule has 1 aliphatic carbocycles. The van der Waals surface area contributed by atoms with Crippen LogP contribution >= 0.6 is 0 Å². The van der Waals surface area contributed by atoms with Crippen LogP contribution in [0.4, 0.5) is 16.2 Å². The molecule has 2 amide bonds. The number of carbonyl (C=O) groups is 1. The van der Waals surface area contributed by atoms with Crippen LogP contribution in [-0.4, -0.2) is 24.8 Å². The number of carbonyl (C=O) groups excluding carboxylic acids is 1. The third kappa shape index (κ3) is 2.98. The molecule has 0 bridgehead atoms. The van der Waals surface area contributed by atoms with E-state index in [1.807, 2.05) is 0 Å². The Bertz CT molecular complexity index is 456. The first-order chi connectivity index (χ1) is 9.22. The molecule has 3 rings (SSSR count). The van der Waals surface area contributed by atoms with Crippen LogP contribution in [0.25, 0.3) is 0 Å². The van der Waals surface area contributed by atoms with E-state index in [1.165, 1.54) is 12.8 Å². The molecule has 1 saturated heterocycles. The minimum atomic E-state index is -0.175. The van der Waals surface area contributed by atoms with Crippen molar-refractivity contribution in [3.63, 3.8) is 0 Å². The molecule has 19 heavy (non-hydrogen) atoms. The number of hydrogen-bond acceptors (Lipinski definition) is 3. The average Bonchev–Trinajstić information content (AvgIpc) is 3.13. The first kappa shape index (κ1) is 12.3. The maximum Gasteiger partial charge on any atom is 0.319 e. The van der Waals surface area contributed by atoms with E-state index in [0.717, 1.165) is 18.7 Å². The Hall–Kier alpha value is -1.75. The topological polar surface area (TPSA) is 76.4 Å². The second-order valence-electron chi connectivity index (χ2n) is 5.29. The number of nitrogens with two attached hydrogens (primary N) is 1. The molecule has 2 fully saturated rings. The lowest BCUT2D eigenvalue weighted by Gasteiger charge is -2.19. The van der Waals surface area contributed by atoms with Crippen LogP contribution in [-0.2, 0) is 4.74 Å². The highest BCUT2D eigenvalue weighted by Gasteiger charge is 2.41. The normalized spacial score (nSPS) is 26.1. The van der Waals surface area contributed by atoms with E-state index in [1.54, 1.807) is 24.3 Å². The van der Waals surface area contributed by atoms with Crippen LogP contribution < -0.4 is 16.4 Å². The summed E-state index contributed by atoms with van der Waals surface area (Å²) < 4.78 is 5.70. The molecule has 1 aromatic rings. The van der Waals surface area contributed by atoms with Crippen molar-refractivity contribution in [1.82, 2.24) is 5.32 Å². The fourth-order valence-corrected chi connectivity index (χ4v) is 2.56. The van der Waals surface area contributed by atoms with Crippen molar-refractivity contribution < 1.29 is 9.53 Å². The number of anilines is 2. The average molecular weight is 261 g/mol. The number of rotatable bonds is 3. The van der Waals surface area contributed by atoms with Gasteiger partial charge >= 0.3 is 6.03 Å². The van der Waals surface area contributed by atoms with Gasteiger partial charge < -0.3 is 21.1 Å². The summed E-state index contributed by atoms with van der Waals surface area (Å²) in [7, 11) is 0. The van der Waals surface area contributed by atoms with Gasteiger partial charge in [-0.3, -0.25) is 0 Å². The van der Waals surface area contributed by atoms with Crippen LogP contribution in [0.3, 0.4) is 0 Å². The predicted octanol–water partition coefficient (Wildman–Crippen LogP) is 1.96. The summed E-state index contributed by atoms with van der Waals surface area (Å²) in [4.78, 5) is 11.9. The van der Waals surface area contributed by atoms with Gasteiger partial charge in [-0.05, 0) is 49.4 Å². The summed E-state index contributed by atoms with van der Waals surface area (Å²) in [6, 6.07) is 7.08. The molecular weight excluding hydrogens is 242 g/mol. The number of ether oxygens (including phenoxy) is 1. The van der Waals surface area contributed by atoms with Gasteiger partial charge in [0.15, 0.2) is 0 Å². The quantitative estimate of drug-likeness (QED) is 0.728. The van der Waals surface area contributed by atoms with E-state index in [2.05, 4.69) is 10.6 Å². The van der Waals surface area contributed by atoms with Gasteiger partial charge in [0.25, 0.3) is 0 Å². The van der Waals surface area contributed by atoms with Gasteiger partial charge in [0.05, 0.1) is 12.1 Å². The highest BCUT2D eigenvalue weighted by Crippen LogP contribution is 2.38. The maximum atomic E-state index is 11.9. The molecule has 1 aliphatic heterocycles. The van der Waals surface area contributed by atoms with Crippen molar-refractivity contribution in [3.8, 4) is 0 Å². The lowest BCUT2D eigenvalue weighted by Crippen LogP contribution is -2.43. The van der Waals surface area contributed by atoms with Crippen molar-refractivity contribution in [2.24, 2.45) is 5.92 Å². The summed E-state index contributed by atoms with van der Waals surface area (Å²) in [6.07, 6.45) is 3.55. The van der Waals surface area contributed by atoms with E-state index in [4.69, 9.17) is 10.5 Å². The number of urea groups is 1. The van der Waals surface area contributed by atoms with Gasteiger partial charge in [-0.2, -0.15) is 0 Å². The van der Waals surface area contributed by atoms with Crippen molar-refractivity contribution >= 4 is 17.4 Å². The molecule has 2 atom stereocenters. The van der Waals surface area contributed by atoms with Gasteiger partial charge in [-0.15, -0.1) is 0 Å². The fraction of sp³-hybridized carbons (Fsp3) is 0.500. The SMILES string of the molecule is Nc1ccc(NC(=O)NC2CCOC2C2CC2)cc1. The summed E-state index contributed by atoms with van der Waals surface area (Å²) >= 11 is 0. The van der Waals surface area contributed by atoms with Crippen molar-refractivity contribution in [3.05, 3.63) is 24.3 Å². The molecule has 0 spiro atoms. The van der Waals surface area contributed by atoms with Crippen molar-refractivity contribution in [2.45, 2.75) is 31.4 Å². The van der Waals surface area contributed by atoms with E-state index < -0.39 is 0 Å². The molecule has 102 valence electrons. The number of benzene rings is 1. The van der Waals surface area contributed by atoms with Gasteiger partial charge in [0.1, 0.15) is 0 Å². The van der Waals surface area contributed by atoms with Crippen LogP contribution in [0.5, 0.6) is 0 Å². The Kier molecular flexibility index (Phi) is 3.29. The Morgan fingerprint density at radius 3 is 2.63 bits per heavy atom. The Morgan fingerprint density at radius 2 is 1.95 bits per heavy atom. The van der Waals surface area contributed by atoms with Crippen molar-refractivity contribution in [2.75, 3.05) is 17.7 Å².